The van der Waals surface area contributed by atoms with Gasteiger partial charge in [0.2, 0.25) is 0 Å². The first-order valence-electron chi connectivity index (χ1n) is 8.74. The number of anilines is 1. The van der Waals surface area contributed by atoms with E-state index in [0.717, 1.165) is 24.2 Å². The number of alkyl halides is 2. The van der Waals surface area contributed by atoms with Gasteiger partial charge < -0.3 is 20.1 Å². The summed E-state index contributed by atoms with van der Waals surface area (Å²) < 4.78 is 34.9. The number of ether oxygens (including phenoxy) is 2. The van der Waals surface area contributed by atoms with Crippen LogP contribution in [0.1, 0.15) is 30.0 Å². The normalized spacial score (nSPS) is 14.6. The summed E-state index contributed by atoms with van der Waals surface area (Å²) in [5.74, 6) is 1.04. The number of benzene rings is 2. The molecule has 7 heteroatoms. The van der Waals surface area contributed by atoms with Crippen molar-refractivity contribution in [3.8, 4) is 11.5 Å². The van der Waals surface area contributed by atoms with Gasteiger partial charge in [0.15, 0.2) is 0 Å². The van der Waals surface area contributed by atoms with Crippen molar-refractivity contribution in [3.63, 3.8) is 0 Å². The molecule has 1 saturated carbocycles. The van der Waals surface area contributed by atoms with E-state index in [1.54, 1.807) is 26.2 Å². The van der Waals surface area contributed by atoms with Gasteiger partial charge in [-0.05, 0) is 55.0 Å². The highest BCUT2D eigenvalue weighted by atomic mass is 19.3. The van der Waals surface area contributed by atoms with Gasteiger partial charge in [-0.2, -0.15) is 8.78 Å². The van der Waals surface area contributed by atoms with Crippen molar-refractivity contribution in [3.05, 3.63) is 53.6 Å². The quantitative estimate of drug-likeness (QED) is 0.724. The van der Waals surface area contributed by atoms with Gasteiger partial charge in [0.25, 0.3) is 0 Å². The van der Waals surface area contributed by atoms with Gasteiger partial charge in [-0.15, -0.1) is 0 Å². The lowest BCUT2D eigenvalue weighted by Gasteiger charge is -2.21. The maximum atomic E-state index is 12.6. The Labute approximate surface area is 156 Å². The summed E-state index contributed by atoms with van der Waals surface area (Å²) in [7, 11) is 1.60. The smallest absolute Gasteiger partial charge is 0.387 e. The van der Waals surface area contributed by atoms with Gasteiger partial charge in [0.05, 0.1) is 18.8 Å². The first kappa shape index (κ1) is 18.9. The van der Waals surface area contributed by atoms with Crippen molar-refractivity contribution in [2.45, 2.75) is 32.4 Å². The van der Waals surface area contributed by atoms with Crippen LogP contribution >= 0.6 is 0 Å². The number of rotatable bonds is 7. The second-order valence-electron chi connectivity index (χ2n) is 6.51. The minimum Gasteiger partial charge on any atom is -0.497 e. The van der Waals surface area contributed by atoms with Gasteiger partial charge in [-0.3, -0.25) is 0 Å². The molecule has 0 spiro atoms. The first-order valence-corrected chi connectivity index (χ1v) is 8.74. The fourth-order valence-electron chi connectivity index (χ4n) is 3.00. The second kappa shape index (κ2) is 8.24. The lowest BCUT2D eigenvalue weighted by Crippen LogP contribution is -2.34. The van der Waals surface area contributed by atoms with Gasteiger partial charge in [0.1, 0.15) is 11.5 Å². The number of amides is 2. The summed E-state index contributed by atoms with van der Waals surface area (Å²) in [6.07, 6.45) is 2.06. The molecule has 2 aromatic carbocycles. The van der Waals surface area contributed by atoms with E-state index in [-0.39, 0.29) is 17.5 Å². The van der Waals surface area contributed by atoms with Gasteiger partial charge in [-0.1, -0.05) is 24.3 Å². The van der Waals surface area contributed by atoms with Crippen LogP contribution in [0.2, 0.25) is 0 Å². The summed E-state index contributed by atoms with van der Waals surface area (Å²) in [5, 5.41) is 5.61. The predicted molar refractivity (Wildman–Crippen MR) is 98.4 cm³/mol. The molecule has 0 aliphatic heterocycles. The highest BCUT2D eigenvalue weighted by Gasteiger charge is 2.33. The first-order chi connectivity index (χ1) is 13.0. The Morgan fingerprint density at radius 2 is 1.85 bits per heavy atom. The Balaban J connectivity index is 1.74. The molecule has 3 rings (SSSR count). The van der Waals surface area contributed by atoms with Gasteiger partial charge in [-0.25, -0.2) is 4.79 Å². The minimum atomic E-state index is -2.96. The fourth-order valence-corrected chi connectivity index (χ4v) is 3.00. The zero-order valence-electron chi connectivity index (χ0n) is 15.2. The van der Waals surface area contributed by atoms with Gasteiger partial charge in [0, 0.05) is 0 Å². The molecule has 1 unspecified atom stereocenters. The van der Waals surface area contributed by atoms with Crippen LogP contribution in [0.4, 0.5) is 19.3 Å². The molecule has 144 valence electrons. The molecule has 1 atom stereocenters. The van der Waals surface area contributed by atoms with E-state index in [0.29, 0.717) is 11.5 Å². The third-order valence-corrected chi connectivity index (χ3v) is 4.54. The Kier molecular flexibility index (Phi) is 5.78. The summed E-state index contributed by atoms with van der Waals surface area (Å²) in [4.78, 5) is 12.6. The van der Waals surface area contributed by atoms with E-state index in [4.69, 9.17) is 4.74 Å². The fraction of sp³-hybridized carbons (Fsp3) is 0.350. The summed E-state index contributed by atoms with van der Waals surface area (Å²) in [5.41, 5.74) is 1.84. The molecule has 5 nitrogen and oxygen atoms in total. The zero-order valence-corrected chi connectivity index (χ0v) is 15.2. The number of carbonyl (C=O) groups excluding carboxylic acids is 1. The van der Waals surface area contributed by atoms with Crippen LogP contribution in [0, 0.1) is 12.8 Å². The zero-order chi connectivity index (χ0) is 19.4. The van der Waals surface area contributed by atoms with Crippen molar-refractivity contribution < 1.29 is 23.0 Å². The van der Waals surface area contributed by atoms with Crippen LogP contribution in [0.25, 0.3) is 0 Å². The molecule has 0 heterocycles. The molecule has 0 aromatic heterocycles. The number of nitrogens with one attached hydrogen (secondary N) is 2. The Morgan fingerprint density at radius 1 is 1.15 bits per heavy atom. The Morgan fingerprint density at radius 3 is 2.44 bits per heavy atom. The number of halogens is 2. The molecule has 2 N–H and O–H groups in total. The van der Waals surface area contributed by atoms with Crippen LogP contribution in [-0.4, -0.2) is 19.8 Å². The number of para-hydroxylation sites is 1. The van der Waals surface area contributed by atoms with E-state index >= 15 is 0 Å². The molecule has 27 heavy (non-hydrogen) atoms. The molecule has 0 radical (unpaired) electrons. The lowest BCUT2D eigenvalue weighted by molar-refractivity contribution is -0.0493. The van der Waals surface area contributed by atoms with Crippen LogP contribution in [0.5, 0.6) is 11.5 Å². The standard InChI is InChI=1S/C20H22F2N2O3/c1-12-4-3-5-16(27-19(21)22)17(12)23-20(25)24-18(13-6-7-13)14-8-10-15(26-2)11-9-14/h3-5,8-11,13,18-19H,6-7H2,1-2H3,(H2,23,24,25). The van der Waals surface area contributed by atoms with Crippen molar-refractivity contribution in [2.75, 3.05) is 12.4 Å². The highest BCUT2D eigenvalue weighted by Crippen LogP contribution is 2.41. The van der Waals surface area contributed by atoms with E-state index in [9.17, 15) is 13.6 Å². The number of hydrogen-bond donors (Lipinski definition) is 2. The van der Waals surface area contributed by atoms with E-state index < -0.39 is 12.6 Å². The number of methoxy groups -OCH3 is 1. The van der Waals surface area contributed by atoms with Crippen LogP contribution in [0.3, 0.4) is 0 Å². The van der Waals surface area contributed by atoms with E-state index in [1.807, 2.05) is 24.3 Å². The van der Waals surface area contributed by atoms with Crippen molar-refractivity contribution in [2.24, 2.45) is 5.92 Å². The molecular weight excluding hydrogens is 354 g/mol. The lowest BCUT2D eigenvalue weighted by atomic mass is 10.0. The van der Waals surface area contributed by atoms with E-state index in [1.165, 1.54) is 6.07 Å². The Hall–Kier alpha value is -2.83. The van der Waals surface area contributed by atoms with Crippen molar-refractivity contribution in [1.29, 1.82) is 0 Å². The predicted octanol–water partition coefficient (Wildman–Crippen LogP) is 4.88. The summed E-state index contributed by atoms with van der Waals surface area (Å²) in [6.45, 7) is -1.25. The average Bonchev–Trinajstić information content (AvgIpc) is 3.47. The van der Waals surface area contributed by atoms with E-state index in [2.05, 4.69) is 15.4 Å². The largest absolute Gasteiger partial charge is 0.497 e. The molecular formula is C20H22F2N2O3. The van der Waals surface area contributed by atoms with Crippen molar-refractivity contribution in [1.82, 2.24) is 5.32 Å². The molecule has 2 aromatic rings. The van der Waals surface area contributed by atoms with Crippen LogP contribution in [-0.2, 0) is 0 Å². The van der Waals surface area contributed by atoms with Crippen LogP contribution < -0.4 is 20.1 Å². The minimum absolute atomic E-state index is 0.0624. The average molecular weight is 376 g/mol. The molecule has 1 fully saturated rings. The van der Waals surface area contributed by atoms with Gasteiger partial charge >= 0.3 is 12.6 Å². The summed E-state index contributed by atoms with van der Waals surface area (Å²) >= 11 is 0. The summed E-state index contributed by atoms with van der Waals surface area (Å²) in [6, 6.07) is 11.6. The van der Waals surface area contributed by atoms with Crippen molar-refractivity contribution >= 4 is 11.7 Å². The highest BCUT2D eigenvalue weighted by molar-refractivity contribution is 5.92. The molecule has 0 bridgehead atoms. The van der Waals surface area contributed by atoms with Crippen LogP contribution in [0.15, 0.2) is 42.5 Å². The number of hydrogen-bond acceptors (Lipinski definition) is 3. The molecule has 1 aliphatic carbocycles. The maximum absolute atomic E-state index is 12.6. The monoisotopic (exact) mass is 376 g/mol. The maximum Gasteiger partial charge on any atom is 0.387 e. The number of urea groups is 1. The Bertz CT molecular complexity index is 792. The number of aryl methyl sites for hydroxylation is 1. The second-order valence-corrected chi connectivity index (χ2v) is 6.51. The molecule has 2 amide bonds. The third kappa shape index (κ3) is 4.87. The molecule has 1 aliphatic rings. The molecule has 0 saturated heterocycles. The topological polar surface area (TPSA) is 59.6 Å². The number of carbonyl (C=O) groups is 1. The SMILES string of the molecule is COc1ccc(C(NC(=O)Nc2c(C)cccc2OC(F)F)C2CC2)cc1. The third-order valence-electron chi connectivity index (χ3n) is 4.54.